The van der Waals surface area contributed by atoms with E-state index in [-0.39, 0.29) is 28.9 Å². The molecule has 0 aromatic heterocycles. The first-order valence-corrected chi connectivity index (χ1v) is 15.4. The normalized spacial score (nSPS) is 26.0. The lowest BCUT2D eigenvalue weighted by molar-refractivity contribution is -0.327. The molecule has 3 aliphatic heterocycles. The molecule has 252 valence electrons. The van der Waals surface area contributed by atoms with Gasteiger partial charge in [-0.05, 0) is 48.0 Å². The van der Waals surface area contributed by atoms with Crippen molar-refractivity contribution in [1.82, 2.24) is 0 Å². The van der Waals surface area contributed by atoms with E-state index in [9.17, 15) is 19.2 Å². The van der Waals surface area contributed by atoms with E-state index in [0.717, 1.165) is 6.26 Å². The van der Waals surface area contributed by atoms with Crippen LogP contribution in [-0.4, -0.2) is 74.2 Å². The number of rotatable bonds is 10. The van der Waals surface area contributed by atoms with Crippen LogP contribution in [0, 0.1) is 5.92 Å². The first-order chi connectivity index (χ1) is 23.8. The van der Waals surface area contributed by atoms with E-state index in [2.05, 4.69) is 6.58 Å². The monoisotopic (exact) mass is 670 g/mol. The number of ether oxygens (including phenoxy) is 7. The lowest BCUT2D eigenvalue weighted by Gasteiger charge is -2.44. The molecule has 0 unspecified atom stereocenters. The summed E-state index contributed by atoms with van der Waals surface area (Å²) in [5, 5.41) is 0. The average molecular weight is 671 g/mol. The van der Waals surface area contributed by atoms with Crippen LogP contribution in [0.25, 0.3) is 0 Å². The molecule has 11 nitrogen and oxygen atoms in total. The molecule has 3 aliphatic rings. The van der Waals surface area contributed by atoms with Crippen molar-refractivity contribution in [2.45, 2.75) is 37.1 Å². The lowest BCUT2D eigenvalue weighted by Crippen LogP contribution is -2.61. The second-order valence-corrected chi connectivity index (χ2v) is 11.1. The third-order valence-corrected chi connectivity index (χ3v) is 8.01. The average Bonchev–Trinajstić information content (AvgIpc) is 3.14. The molecule has 0 N–H and O–H groups in total. The minimum absolute atomic E-state index is 0.00963. The van der Waals surface area contributed by atoms with Gasteiger partial charge in [0.2, 0.25) is 12.6 Å². The van der Waals surface area contributed by atoms with Crippen molar-refractivity contribution in [1.29, 1.82) is 0 Å². The smallest absolute Gasteiger partial charge is 0.341 e. The summed E-state index contributed by atoms with van der Waals surface area (Å²) < 4.78 is 56.5. The summed E-state index contributed by atoms with van der Waals surface area (Å²) in [5.41, 5.74) is 1.13. The molecule has 3 aromatic rings. The van der Waals surface area contributed by atoms with Crippen LogP contribution in [0.2, 0.25) is 0 Å². The van der Waals surface area contributed by atoms with Crippen molar-refractivity contribution in [3.8, 4) is 0 Å². The lowest BCUT2D eigenvalue weighted by atomic mass is 9.89. The standard InChI is InChI=1S/C37H31FO11/c1-2-25-26-18-19-43-35(42)27(26)20-45-36(25)49-37-31(48-34(41)24-16-10-5-11-17-24)30(47-33(40)23-14-8-4-9-15-23)29(38)28(46-37)21-44-32(39)22-12-6-3-7-13-22/h2-18,20,25,28-31,36-37H,1,19,21H2/t25-,28-,29+,30+,31-,36+,37+/m1/s1. The van der Waals surface area contributed by atoms with Crippen molar-refractivity contribution in [2.24, 2.45) is 5.92 Å². The predicted molar refractivity (Wildman–Crippen MR) is 168 cm³/mol. The largest absolute Gasteiger partial charge is 0.471 e. The summed E-state index contributed by atoms with van der Waals surface area (Å²) in [4.78, 5) is 51.8. The molecule has 1 fully saturated rings. The van der Waals surface area contributed by atoms with Gasteiger partial charge < -0.3 is 33.2 Å². The third kappa shape index (κ3) is 7.45. The second kappa shape index (κ2) is 15.1. The quantitative estimate of drug-likeness (QED) is 0.166. The summed E-state index contributed by atoms with van der Waals surface area (Å²) in [5.74, 6) is -3.88. The highest BCUT2D eigenvalue weighted by Crippen LogP contribution is 2.37. The van der Waals surface area contributed by atoms with E-state index in [1.54, 1.807) is 60.7 Å². The molecule has 0 spiro atoms. The molecule has 49 heavy (non-hydrogen) atoms. The number of carbonyl (C=O) groups excluding carboxylic acids is 4. The van der Waals surface area contributed by atoms with E-state index in [1.165, 1.54) is 42.5 Å². The number of hydrogen-bond donors (Lipinski definition) is 0. The van der Waals surface area contributed by atoms with Crippen LogP contribution in [-0.2, 0) is 38.0 Å². The van der Waals surface area contributed by atoms with Crippen LogP contribution in [0.3, 0.4) is 0 Å². The molecule has 3 heterocycles. The fraction of sp³-hybridized carbons (Fsp3) is 0.243. The van der Waals surface area contributed by atoms with E-state index in [0.29, 0.717) is 5.57 Å². The zero-order valence-corrected chi connectivity index (χ0v) is 25.9. The van der Waals surface area contributed by atoms with Gasteiger partial charge in [-0.3, -0.25) is 0 Å². The number of fused-ring (bicyclic) bond motifs is 1. The fourth-order valence-corrected chi connectivity index (χ4v) is 5.51. The minimum atomic E-state index is -2.17. The molecular weight excluding hydrogens is 639 g/mol. The molecule has 0 radical (unpaired) electrons. The molecule has 0 amide bonds. The van der Waals surface area contributed by atoms with Gasteiger partial charge in [-0.25, -0.2) is 23.6 Å². The van der Waals surface area contributed by atoms with Gasteiger partial charge in [-0.15, -0.1) is 6.58 Å². The molecule has 0 bridgehead atoms. The molecule has 12 heteroatoms. The molecule has 3 aromatic carbocycles. The Bertz CT molecular complexity index is 1740. The number of cyclic esters (lactones) is 1. The van der Waals surface area contributed by atoms with Gasteiger partial charge in [0.05, 0.1) is 28.2 Å². The molecular formula is C37H31FO11. The Kier molecular flexibility index (Phi) is 10.3. The van der Waals surface area contributed by atoms with Crippen LogP contribution < -0.4 is 0 Å². The van der Waals surface area contributed by atoms with Crippen molar-refractivity contribution < 1.29 is 56.7 Å². The van der Waals surface area contributed by atoms with Crippen LogP contribution in [0.15, 0.2) is 127 Å². The van der Waals surface area contributed by atoms with Crippen molar-refractivity contribution in [3.05, 3.63) is 144 Å². The van der Waals surface area contributed by atoms with Gasteiger partial charge >= 0.3 is 23.9 Å². The topological polar surface area (TPSA) is 133 Å². The van der Waals surface area contributed by atoms with E-state index in [4.69, 9.17) is 33.2 Å². The van der Waals surface area contributed by atoms with Crippen LogP contribution in [0.1, 0.15) is 31.1 Å². The zero-order chi connectivity index (χ0) is 34.3. The Hall–Kier alpha value is -5.59. The van der Waals surface area contributed by atoms with E-state index in [1.807, 2.05) is 0 Å². The summed E-state index contributed by atoms with van der Waals surface area (Å²) >= 11 is 0. The Balaban J connectivity index is 1.33. The maximum absolute atomic E-state index is 16.5. The van der Waals surface area contributed by atoms with Gasteiger partial charge in [-0.2, -0.15) is 0 Å². The highest BCUT2D eigenvalue weighted by Gasteiger charge is 2.53. The van der Waals surface area contributed by atoms with E-state index >= 15 is 4.39 Å². The summed E-state index contributed by atoms with van der Waals surface area (Å²) in [6, 6.07) is 23.8. The van der Waals surface area contributed by atoms with Gasteiger partial charge in [0.25, 0.3) is 0 Å². The van der Waals surface area contributed by atoms with Crippen LogP contribution in [0.4, 0.5) is 4.39 Å². The first-order valence-electron chi connectivity index (χ1n) is 15.4. The van der Waals surface area contributed by atoms with E-state index < -0.39 is 73.5 Å². The second-order valence-electron chi connectivity index (χ2n) is 11.1. The van der Waals surface area contributed by atoms with Crippen LogP contribution in [0.5, 0.6) is 0 Å². The number of carbonyl (C=O) groups is 4. The minimum Gasteiger partial charge on any atom is -0.471 e. The van der Waals surface area contributed by atoms with Crippen molar-refractivity contribution in [3.63, 3.8) is 0 Å². The maximum Gasteiger partial charge on any atom is 0.341 e. The zero-order valence-electron chi connectivity index (χ0n) is 25.9. The summed E-state index contributed by atoms with van der Waals surface area (Å²) in [7, 11) is 0. The SMILES string of the molecule is C=C[C@@H]1C2=CCOC(=O)C2=CO[C@H]1O[C@@H]1O[C@H](COC(=O)c2ccccc2)[C@H](F)[C@H](OC(=O)c2ccccc2)[C@H]1OC(=O)c1ccccc1. The van der Waals surface area contributed by atoms with Gasteiger partial charge in [0, 0.05) is 0 Å². The summed E-state index contributed by atoms with van der Waals surface area (Å²) in [6.07, 6.45) is -5.78. The predicted octanol–water partition coefficient (Wildman–Crippen LogP) is 4.90. The van der Waals surface area contributed by atoms with Gasteiger partial charge in [0.15, 0.2) is 18.4 Å². The first kappa shape index (κ1) is 33.3. The molecule has 7 atom stereocenters. The highest BCUT2D eigenvalue weighted by atomic mass is 19.1. The maximum atomic E-state index is 16.5. The number of halogens is 1. The number of alkyl halides is 1. The Morgan fingerprint density at radius 3 is 1.92 bits per heavy atom. The Morgan fingerprint density at radius 1 is 0.796 bits per heavy atom. The van der Waals surface area contributed by atoms with Crippen LogP contribution >= 0.6 is 0 Å². The Morgan fingerprint density at radius 2 is 1.35 bits per heavy atom. The van der Waals surface area contributed by atoms with Gasteiger partial charge in [-0.1, -0.05) is 60.7 Å². The number of benzene rings is 3. The fourth-order valence-electron chi connectivity index (χ4n) is 5.51. The van der Waals surface area contributed by atoms with Crippen molar-refractivity contribution in [2.75, 3.05) is 13.2 Å². The summed E-state index contributed by atoms with van der Waals surface area (Å²) in [6.45, 7) is 3.24. The third-order valence-electron chi connectivity index (χ3n) is 8.01. The van der Waals surface area contributed by atoms with Crippen molar-refractivity contribution >= 4 is 23.9 Å². The number of hydrogen-bond acceptors (Lipinski definition) is 11. The Labute approximate surface area is 280 Å². The molecule has 0 aliphatic carbocycles. The molecule has 6 rings (SSSR count). The molecule has 0 saturated carbocycles. The molecule has 1 saturated heterocycles. The number of esters is 4. The van der Waals surface area contributed by atoms with Gasteiger partial charge in [0.1, 0.15) is 25.6 Å². The highest BCUT2D eigenvalue weighted by molar-refractivity contribution is 5.95.